The zero-order valence-corrected chi connectivity index (χ0v) is 12.3. The molecule has 3 nitrogen and oxygen atoms in total. The van der Waals surface area contributed by atoms with Crippen molar-refractivity contribution in [3.63, 3.8) is 0 Å². The zero-order chi connectivity index (χ0) is 14.7. The summed E-state index contributed by atoms with van der Waals surface area (Å²) in [7, 11) is 0. The number of para-hydroxylation sites is 1. The van der Waals surface area contributed by atoms with E-state index in [9.17, 15) is 0 Å². The van der Waals surface area contributed by atoms with Crippen LogP contribution >= 0.6 is 0 Å². The van der Waals surface area contributed by atoms with Crippen molar-refractivity contribution in [3.05, 3.63) is 65.7 Å². The quantitative estimate of drug-likeness (QED) is 0.665. The number of hydrogen-bond donors (Lipinski definition) is 2. The summed E-state index contributed by atoms with van der Waals surface area (Å²) in [6, 6.07) is 18.9. The van der Waals surface area contributed by atoms with Gasteiger partial charge >= 0.3 is 0 Å². The number of nitrogens with zero attached hydrogens (tertiary/aromatic N) is 1. The molecule has 21 heavy (non-hydrogen) atoms. The Morgan fingerprint density at radius 2 is 1.71 bits per heavy atom. The molecule has 0 spiro atoms. The van der Waals surface area contributed by atoms with Crippen molar-refractivity contribution in [2.45, 2.75) is 31.7 Å². The number of aryl methyl sites for hydroxylation is 1. The number of nitrogens with one attached hydrogen (secondary N) is 1. The fraction of sp³-hybridized carbons (Fsp3) is 0.278. The second kappa shape index (κ2) is 6.00. The van der Waals surface area contributed by atoms with E-state index in [1.165, 1.54) is 11.1 Å². The van der Waals surface area contributed by atoms with Gasteiger partial charge in [0.25, 0.3) is 0 Å². The van der Waals surface area contributed by atoms with Crippen LogP contribution in [0, 0.1) is 6.92 Å². The van der Waals surface area contributed by atoms with E-state index < -0.39 is 0 Å². The first kappa shape index (κ1) is 13.7. The first-order valence-corrected chi connectivity index (χ1v) is 7.43. The van der Waals surface area contributed by atoms with Crippen LogP contribution in [0.1, 0.15) is 29.9 Å². The molecular weight excluding hydrogens is 258 g/mol. The van der Waals surface area contributed by atoms with Gasteiger partial charge in [-0.25, -0.2) is 4.99 Å². The molecule has 0 unspecified atom stereocenters. The van der Waals surface area contributed by atoms with Gasteiger partial charge in [0.05, 0.1) is 6.04 Å². The Balaban J connectivity index is 1.57. The summed E-state index contributed by atoms with van der Waals surface area (Å²) in [5.74, 6) is 1.14. The van der Waals surface area contributed by atoms with Gasteiger partial charge in [0.2, 0.25) is 0 Å². The molecule has 0 amide bonds. The van der Waals surface area contributed by atoms with Crippen LogP contribution in [-0.2, 0) is 0 Å². The molecule has 0 saturated heterocycles. The van der Waals surface area contributed by atoms with Gasteiger partial charge in [0, 0.05) is 5.69 Å². The van der Waals surface area contributed by atoms with Crippen LogP contribution in [0.5, 0.6) is 0 Å². The van der Waals surface area contributed by atoms with Gasteiger partial charge in [-0.1, -0.05) is 42.5 Å². The predicted molar refractivity (Wildman–Crippen MR) is 88.6 cm³/mol. The lowest BCUT2D eigenvalue weighted by Gasteiger charge is -2.34. The fourth-order valence-electron chi connectivity index (χ4n) is 2.89. The normalized spacial score (nSPS) is 21.7. The van der Waals surface area contributed by atoms with Crippen LogP contribution < -0.4 is 11.1 Å². The molecule has 2 aromatic rings. The van der Waals surface area contributed by atoms with Crippen molar-refractivity contribution in [2.75, 3.05) is 5.32 Å². The molecule has 3 rings (SSSR count). The number of hydrogen-bond acceptors (Lipinski definition) is 1. The lowest BCUT2D eigenvalue weighted by Crippen LogP contribution is -2.31. The first-order chi connectivity index (χ1) is 10.2. The maximum atomic E-state index is 5.97. The molecule has 0 bridgehead atoms. The van der Waals surface area contributed by atoms with E-state index in [1.54, 1.807) is 0 Å². The number of anilines is 1. The lowest BCUT2D eigenvalue weighted by molar-refractivity contribution is 0.352. The predicted octanol–water partition coefficient (Wildman–Crippen LogP) is 3.67. The third-order valence-corrected chi connectivity index (χ3v) is 4.11. The van der Waals surface area contributed by atoms with E-state index in [0.29, 0.717) is 17.9 Å². The molecule has 1 aliphatic rings. The highest BCUT2D eigenvalue weighted by Crippen LogP contribution is 2.39. The minimum absolute atomic E-state index is 0.339. The monoisotopic (exact) mass is 279 g/mol. The van der Waals surface area contributed by atoms with Gasteiger partial charge in [-0.3, -0.25) is 0 Å². The Hall–Kier alpha value is -2.29. The van der Waals surface area contributed by atoms with E-state index in [2.05, 4.69) is 41.5 Å². The molecule has 2 aromatic carbocycles. The van der Waals surface area contributed by atoms with Crippen molar-refractivity contribution in [1.82, 2.24) is 0 Å². The van der Waals surface area contributed by atoms with Crippen molar-refractivity contribution >= 4 is 11.6 Å². The van der Waals surface area contributed by atoms with E-state index in [1.807, 2.05) is 30.3 Å². The van der Waals surface area contributed by atoms with Gasteiger partial charge < -0.3 is 11.1 Å². The standard InChI is InChI=1S/C18H21N3/c1-13-7-5-6-10-17(13)14-11-16(12-14)21-18(19)20-15-8-3-2-4-9-15/h2-10,14,16H,11-12H2,1H3,(H3,19,20,21). The minimum Gasteiger partial charge on any atom is -0.370 e. The number of rotatable bonds is 3. The highest BCUT2D eigenvalue weighted by Gasteiger charge is 2.30. The van der Waals surface area contributed by atoms with Crippen LogP contribution in [0.15, 0.2) is 59.6 Å². The van der Waals surface area contributed by atoms with Crippen LogP contribution in [0.4, 0.5) is 5.69 Å². The highest BCUT2D eigenvalue weighted by molar-refractivity contribution is 5.92. The lowest BCUT2D eigenvalue weighted by atomic mass is 9.75. The van der Waals surface area contributed by atoms with E-state index >= 15 is 0 Å². The van der Waals surface area contributed by atoms with Gasteiger partial charge in [-0.15, -0.1) is 0 Å². The fourth-order valence-corrected chi connectivity index (χ4v) is 2.89. The Kier molecular flexibility index (Phi) is 3.91. The average molecular weight is 279 g/mol. The molecule has 1 fully saturated rings. The molecule has 0 aromatic heterocycles. The molecule has 0 heterocycles. The maximum Gasteiger partial charge on any atom is 0.193 e. The summed E-state index contributed by atoms with van der Waals surface area (Å²) in [6.45, 7) is 2.18. The number of nitrogens with two attached hydrogens (primary N) is 1. The Morgan fingerprint density at radius 3 is 2.43 bits per heavy atom. The molecule has 0 atom stereocenters. The second-order valence-electron chi connectivity index (χ2n) is 5.68. The summed E-state index contributed by atoms with van der Waals surface area (Å²) < 4.78 is 0. The van der Waals surface area contributed by atoms with Crippen LogP contribution in [-0.4, -0.2) is 12.0 Å². The highest BCUT2D eigenvalue weighted by atomic mass is 15.1. The van der Waals surface area contributed by atoms with Gasteiger partial charge in [-0.05, 0) is 48.9 Å². The topological polar surface area (TPSA) is 50.4 Å². The summed E-state index contributed by atoms with van der Waals surface area (Å²) in [5.41, 5.74) is 9.78. The summed E-state index contributed by atoms with van der Waals surface area (Å²) in [4.78, 5) is 4.57. The van der Waals surface area contributed by atoms with Gasteiger partial charge in [-0.2, -0.15) is 0 Å². The molecule has 1 aliphatic carbocycles. The third kappa shape index (κ3) is 3.24. The van der Waals surface area contributed by atoms with Gasteiger partial charge in [0.15, 0.2) is 5.96 Å². The van der Waals surface area contributed by atoms with Crippen LogP contribution in [0.25, 0.3) is 0 Å². The summed E-state index contributed by atoms with van der Waals surface area (Å²) in [5, 5.41) is 3.13. The number of benzene rings is 2. The smallest absolute Gasteiger partial charge is 0.193 e. The van der Waals surface area contributed by atoms with E-state index in [0.717, 1.165) is 18.5 Å². The van der Waals surface area contributed by atoms with Crippen molar-refractivity contribution < 1.29 is 0 Å². The number of aliphatic imine (C=N–C) groups is 1. The maximum absolute atomic E-state index is 5.97. The van der Waals surface area contributed by atoms with Gasteiger partial charge in [0.1, 0.15) is 0 Å². The molecule has 3 heteroatoms. The number of guanidine groups is 1. The van der Waals surface area contributed by atoms with Crippen LogP contribution in [0.2, 0.25) is 0 Å². The SMILES string of the molecule is Cc1ccccc1C1CC(N=C(N)Nc2ccccc2)C1. The van der Waals surface area contributed by atoms with Crippen molar-refractivity contribution in [2.24, 2.45) is 10.7 Å². The van der Waals surface area contributed by atoms with E-state index in [4.69, 9.17) is 5.73 Å². The molecule has 0 aliphatic heterocycles. The third-order valence-electron chi connectivity index (χ3n) is 4.11. The molecular formula is C18H21N3. The molecule has 108 valence electrons. The Labute approximate surface area is 125 Å². The zero-order valence-electron chi connectivity index (χ0n) is 12.3. The van der Waals surface area contributed by atoms with Crippen molar-refractivity contribution in [1.29, 1.82) is 0 Å². The van der Waals surface area contributed by atoms with Crippen molar-refractivity contribution in [3.8, 4) is 0 Å². The van der Waals surface area contributed by atoms with E-state index in [-0.39, 0.29) is 0 Å². The molecule has 1 saturated carbocycles. The minimum atomic E-state index is 0.339. The average Bonchev–Trinajstić information content (AvgIpc) is 2.45. The summed E-state index contributed by atoms with van der Waals surface area (Å²) >= 11 is 0. The largest absolute Gasteiger partial charge is 0.370 e. The Morgan fingerprint density at radius 1 is 1.05 bits per heavy atom. The first-order valence-electron chi connectivity index (χ1n) is 7.43. The summed E-state index contributed by atoms with van der Waals surface area (Å²) in [6.07, 6.45) is 2.17. The molecule has 0 radical (unpaired) electrons. The van der Waals surface area contributed by atoms with Crippen LogP contribution in [0.3, 0.4) is 0 Å². The Bertz CT molecular complexity index is 628. The second-order valence-corrected chi connectivity index (χ2v) is 5.68. The molecule has 3 N–H and O–H groups in total.